The number of halogens is 1. The highest BCUT2D eigenvalue weighted by atomic mass is 35.5. The van der Waals surface area contributed by atoms with Crippen LogP contribution in [-0.4, -0.2) is 4.98 Å². The van der Waals surface area contributed by atoms with Gasteiger partial charge in [-0.1, -0.05) is 96.2 Å². The SMILES string of the molecule is Cc1cc(N(c2ccc(Cl)cc2)c2ccc3c(c2)Cc2cc(N4c5ccccc5Sc5ccccc54)ccc2CC3)cc(C)c1-c1c2ccccc2nc2ccccc12. The van der Waals surface area contributed by atoms with Crippen molar-refractivity contribution in [1.29, 1.82) is 0 Å². The lowest BCUT2D eigenvalue weighted by Gasteiger charge is -2.33. The van der Waals surface area contributed by atoms with Crippen LogP contribution in [0.3, 0.4) is 0 Å². The summed E-state index contributed by atoms with van der Waals surface area (Å²) in [7, 11) is 0. The Balaban J connectivity index is 1.02. The molecule has 5 heteroatoms. The molecule has 1 aromatic heterocycles. The van der Waals surface area contributed by atoms with Crippen molar-refractivity contribution >= 4 is 79.3 Å². The first kappa shape index (κ1) is 35.8. The number of benzene rings is 8. The number of rotatable bonds is 5. The first-order chi connectivity index (χ1) is 29.0. The Morgan fingerprint density at radius 1 is 0.508 bits per heavy atom. The van der Waals surface area contributed by atoms with Crippen LogP contribution < -0.4 is 9.80 Å². The van der Waals surface area contributed by atoms with Crippen molar-refractivity contribution in [2.75, 3.05) is 9.80 Å². The molecule has 284 valence electrons. The highest BCUT2D eigenvalue weighted by Gasteiger charge is 2.26. The molecule has 0 spiro atoms. The molecule has 0 bridgehead atoms. The molecule has 0 unspecified atom stereocenters. The summed E-state index contributed by atoms with van der Waals surface area (Å²) >= 11 is 8.35. The van der Waals surface area contributed by atoms with Crippen molar-refractivity contribution in [3.8, 4) is 11.1 Å². The summed E-state index contributed by atoms with van der Waals surface area (Å²) in [4.78, 5) is 12.4. The fourth-order valence-corrected chi connectivity index (χ4v) is 10.6. The topological polar surface area (TPSA) is 19.4 Å². The van der Waals surface area contributed by atoms with Gasteiger partial charge < -0.3 is 9.80 Å². The number of para-hydroxylation sites is 4. The molecule has 2 heterocycles. The Morgan fingerprint density at radius 2 is 1.05 bits per heavy atom. The van der Waals surface area contributed by atoms with Crippen LogP contribution in [0.25, 0.3) is 32.9 Å². The third-order valence-corrected chi connectivity index (χ3v) is 13.5. The maximum Gasteiger partial charge on any atom is 0.0715 e. The number of pyridine rings is 1. The minimum Gasteiger partial charge on any atom is -0.310 e. The molecule has 1 aliphatic heterocycles. The van der Waals surface area contributed by atoms with E-state index in [-0.39, 0.29) is 0 Å². The Bertz CT molecular complexity index is 2990. The van der Waals surface area contributed by atoms with Crippen LogP contribution in [0.15, 0.2) is 180 Å². The van der Waals surface area contributed by atoms with E-state index in [1.165, 1.54) is 82.1 Å². The molecule has 8 aromatic carbocycles. The maximum atomic E-state index is 6.50. The van der Waals surface area contributed by atoms with Gasteiger partial charge in [-0.3, -0.25) is 0 Å². The van der Waals surface area contributed by atoms with Crippen LogP contribution in [0.2, 0.25) is 5.02 Å². The van der Waals surface area contributed by atoms with Gasteiger partial charge in [-0.15, -0.1) is 0 Å². The van der Waals surface area contributed by atoms with Crippen LogP contribution in [0, 0.1) is 13.8 Å². The fraction of sp³-hybridized carbons (Fsp3) is 0.0926. The van der Waals surface area contributed by atoms with Gasteiger partial charge in [0.05, 0.1) is 22.4 Å². The Kier molecular flexibility index (Phi) is 8.80. The molecule has 0 saturated heterocycles. The first-order valence-electron chi connectivity index (χ1n) is 20.3. The second-order valence-corrected chi connectivity index (χ2v) is 17.3. The Hall–Kier alpha value is -6.33. The molecular weight excluding hydrogens is 758 g/mol. The summed E-state index contributed by atoms with van der Waals surface area (Å²) in [6.07, 6.45) is 2.89. The molecule has 0 amide bonds. The van der Waals surface area contributed by atoms with E-state index in [0.29, 0.717) is 0 Å². The number of hydrogen-bond acceptors (Lipinski definition) is 4. The summed E-state index contributed by atoms with van der Waals surface area (Å²) in [6.45, 7) is 4.50. The largest absolute Gasteiger partial charge is 0.310 e. The van der Waals surface area contributed by atoms with Gasteiger partial charge >= 0.3 is 0 Å². The predicted molar refractivity (Wildman–Crippen MR) is 249 cm³/mol. The van der Waals surface area contributed by atoms with Gasteiger partial charge in [0.2, 0.25) is 0 Å². The predicted octanol–water partition coefficient (Wildman–Crippen LogP) is 15.4. The van der Waals surface area contributed by atoms with Gasteiger partial charge in [-0.25, -0.2) is 4.98 Å². The van der Waals surface area contributed by atoms with Crippen molar-refractivity contribution < 1.29 is 0 Å². The number of aryl methyl sites for hydroxylation is 4. The summed E-state index contributed by atoms with van der Waals surface area (Å²) in [5.74, 6) is 0. The van der Waals surface area contributed by atoms with Crippen LogP contribution in [-0.2, 0) is 19.3 Å². The fourth-order valence-electron chi connectivity index (χ4n) is 9.39. The number of nitrogens with zero attached hydrogens (tertiary/aromatic N) is 3. The number of fused-ring (bicyclic) bond motifs is 6. The third kappa shape index (κ3) is 6.26. The molecule has 0 atom stereocenters. The third-order valence-electron chi connectivity index (χ3n) is 12.1. The first-order valence-corrected chi connectivity index (χ1v) is 21.5. The van der Waals surface area contributed by atoms with Crippen molar-refractivity contribution in [3.05, 3.63) is 208 Å². The highest BCUT2D eigenvalue weighted by molar-refractivity contribution is 7.99. The average molecular weight is 798 g/mol. The molecule has 11 rings (SSSR count). The van der Waals surface area contributed by atoms with Gasteiger partial charge in [-0.05, 0) is 169 Å². The molecule has 3 nitrogen and oxygen atoms in total. The lowest BCUT2D eigenvalue weighted by atomic mass is 9.89. The molecule has 9 aromatic rings. The van der Waals surface area contributed by atoms with Crippen LogP contribution >= 0.6 is 23.4 Å². The summed E-state index contributed by atoms with van der Waals surface area (Å²) in [6, 6.07) is 61.7. The number of aromatic nitrogens is 1. The zero-order valence-corrected chi connectivity index (χ0v) is 34.5. The van der Waals surface area contributed by atoms with Crippen LogP contribution in [0.5, 0.6) is 0 Å². The second-order valence-electron chi connectivity index (χ2n) is 15.7. The van der Waals surface area contributed by atoms with E-state index >= 15 is 0 Å². The van der Waals surface area contributed by atoms with Gasteiger partial charge in [0.1, 0.15) is 0 Å². The molecule has 0 radical (unpaired) electrons. The monoisotopic (exact) mass is 797 g/mol. The molecular formula is C54H40ClN3S. The zero-order chi connectivity index (χ0) is 39.6. The van der Waals surface area contributed by atoms with Crippen LogP contribution in [0.1, 0.15) is 33.4 Å². The van der Waals surface area contributed by atoms with Gasteiger partial charge in [0.25, 0.3) is 0 Å². The van der Waals surface area contributed by atoms with Crippen molar-refractivity contribution in [3.63, 3.8) is 0 Å². The van der Waals surface area contributed by atoms with Crippen molar-refractivity contribution in [2.24, 2.45) is 0 Å². The molecule has 1 aliphatic carbocycles. The summed E-state index contributed by atoms with van der Waals surface area (Å²) < 4.78 is 0. The Morgan fingerprint density at radius 3 is 1.69 bits per heavy atom. The van der Waals surface area contributed by atoms with Gasteiger partial charge in [0, 0.05) is 53.9 Å². The highest BCUT2D eigenvalue weighted by Crippen LogP contribution is 2.52. The smallest absolute Gasteiger partial charge is 0.0715 e. The van der Waals surface area contributed by atoms with E-state index < -0.39 is 0 Å². The van der Waals surface area contributed by atoms with E-state index in [9.17, 15) is 0 Å². The minimum atomic E-state index is 0.722. The lowest BCUT2D eigenvalue weighted by Crippen LogP contribution is -2.15. The standard InChI is InChI=1S/C54H40ClN3S/c1-34-29-44(30-35(2)53(34)54-45-11-3-5-13-47(45)56-48-14-6-4-12-46(48)54)57(41-27-23-40(55)24-28-41)42-25-21-36-19-20-37-22-26-43(33-39(37)31-38(36)32-42)58-49-15-7-9-17-51(49)59-52-18-10-8-16-50(52)58/h3-18,21-30,32-33H,19-20,31H2,1-2H3. The molecule has 0 fully saturated rings. The van der Waals surface area contributed by atoms with E-state index in [4.69, 9.17) is 16.6 Å². The normalized spacial score (nSPS) is 13.0. The average Bonchev–Trinajstić information content (AvgIpc) is 3.44. The van der Waals surface area contributed by atoms with Crippen molar-refractivity contribution in [1.82, 2.24) is 4.98 Å². The molecule has 59 heavy (non-hydrogen) atoms. The quantitative estimate of drug-likeness (QED) is 0.162. The Labute approximate surface area is 354 Å². The second kappa shape index (κ2) is 14.5. The van der Waals surface area contributed by atoms with Gasteiger partial charge in [0.15, 0.2) is 0 Å². The lowest BCUT2D eigenvalue weighted by molar-refractivity contribution is 0.964. The molecule has 2 aliphatic rings. The zero-order valence-electron chi connectivity index (χ0n) is 32.9. The van der Waals surface area contributed by atoms with Crippen molar-refractivity contribution in [2.45, 2.75) is 42.9 Å². The minimum absolute atomic E-state index is 0.722. The summed E-state index contributed by atoms with van der Waals surface area (Å²) in [5, 5.41) is 3.06. The van der Waals surface area contributed by atoms with E-state index in [1.807, 2.05) is 23.9 Å². The van der Waals surface area contributed by atoms with E-state index in [1.54, 1.807) is 0 Å². The number of anilines is 6. The van der Waals surface area contributed by atoms with Gasteiger partial charge in [-0.2, -0.15) is 0 Å². The van der Waals surface area contributed by atoms with Crippen LogP contribution in [0.4, 0.5) is 34.1 Å². The van der Waals surface area contributed by atoms with E-state index in [2.05, 4.69) is 181 Å². The molecule has 0 saturated carbocycles. The maximum absolute atomic E-state index is 6.50. The number of hydrogen-bond donors (Lipinski definition) is 0. The summed E-state index contributed by atoms with van der Waals surface area (Å²) in [5.41, 5.74) is 19.5. The van der Waals surface area contributed by atoms with E-state index in [0.717, 1.165) is 52.4 Å². The molecule has 0 N–H and O–H groups in total.